The number of nitrogens with zero attached hydrogens (tertiary/aromatic N) is 8. The van der Waals surface area contributed by atoms with Gasteiger partial charge in [0.05, 0.1) is 26.0 Å². The predicted octanol–water partition coefficient (Wildman–Crippen LogP) is 15.9. The molecule has 6 rings (SSSR count). The summed E-state index contributed by atoms with van der Waals surface area (Å²) in [6.45, 7) is 26.6. The van der Waals surface area contributed by atoms with Crippen LogP contribution in [0.4, 0.5) is 28.8 Å². The molecule has 0 saturated carbocycles. The fourth-order valence-electron chi connectivity index (χ4n) is 9.51. The van der Waals surface area contributed by atoms with Gasteiger partial charge in [-0.15, -0.1) is 11.6 Å². The monoisotopic (exact) mass is 1360 g/mol. The number of alkyl halides is 1. The quantitative estimate of drug-likeness (QED) is 0.0257. The molecule has 3 atom stereocenters. The van der Waals surface area contributed by atoms with Gasteiger partial charge in [-0.2, -0.15) is 4.57 Å². The summed E-state index contributed by atoms with van der Waals surface area (Å²) in [5.41, 5.74) is 4.20. The van der Waals surface area contributed by atoms with E-state index in [-0.39, 0.29) is 29.7 Å². The Balaban J connectivity index is 0.000000314. The first-order valence-corrected chi connectivity index (χ1v) is 33.6. The highest BCUT2D eigenvalue weighted by Crippen LogP contribution is 2.28. The van der Waals surface area contributed by atoms with Gasteiger partial charge in [0.25, 0.3) is 0 Å². The first kappa shape index (κ1) is 80.8. The number of hydrogen-bond acceptors (Lipinski definition) is 12. The predicted molar refractivity (Wildman–Crippen MR) is 383 cm³/mol. The Morgan fingerprint density at radius 3 is 1.10 bits per heavy atom. The average Bonchev–Trinajstić information content (AvgIpc) is 0.831. The van der Waals surface area contributed by atoms with Crippen molar-refractivity contribution in [3.05, 3.63) is 168 Å². The number of carbonyl (C=O) groups is 6. The molecule has 97 heavy (non-hydrogen) atoms. The third-order valence-corrected chi connectivity index (χ3v) is 16.0. The molecule has 0 aliphatic rings. The van der Waals surface area contributed by atoms with Crippen LogP contribution in [0.1, 0.15) is 142 Å². The number of ether oxygens (including phenoxy) is 6. The van der Waals surface area contributed by atoms with E-state index in [2.05, 4.69) is 87.2 Å². The number of halogens is 1. The van der Waals surface area contributed by atoms with E-state index in [1.165, 1.54) is 45.9 Å². The molecule has 20 nitrogen and oxygen atoms in total. The van der Waals surface area contributed by atoms with Crippen molar-refractivity contribution in [3.63, 3.8) is 0 Å². The molecule has 0 spiro atoms. The maximum absolute atomic E-state index is 12.5. The van der Waals surface area contributed by atoms with Gasteiger partial charge >= 0.3 is 36.6 Å². The molecule has 0 N–H and O–H groups in total. The zero-order chi connectivity index (χ0) is 72.4. The molecular formula is C76H109ClN8O12+2. The van der Waals surface area contributed by atoms with Crippen molar-refractivity contribution >= 4 is 59.1 Å². The maximum Gasteiger partial charge on any atom is 0.414 e. The van der Waals surface area contributed by atoms with E-state index in [0.717, 1.165) is 34.1 Å². The molecule has 0 fully saturated rings. The number of aromatic nitrogens is 1. The van der Waals surface area contributed by atoms with Gasteiger partial charge < -0.3 is 62.3 Å². The van der Waals surface area contributed by atoms with Crippen LogP contribution in [0.25, 0.3) is 10.9 Å². The van der Waals surface area contributed by atoms with Gasteiger partial charge in [0.2, 0.25) is 5.52 Å². The standard InChI is InChI=1S/C29H44N3O4.C28H36N3O4.C19H29ClN2O4/c1-23(32(7,8)22-19-24-13-10-9-11-14-24)25-15-17-26(18-16-25)35-27(33)30(5)20-12-21-31(6)28(34)36-29(2,3)4;1-21(31-20-9-12-23-11-7-8-13-25(23)31)22-14-16-24(17-15-22)34-26(32)29(5)18-10-19-30(6)27(33)35-28(2,3)4;1-14(20)15-8-10-16(11-9-15)25-17(23)21(5)12-7-13-22(6)18(24)26-19(2,3)4/h9-11,13-18,23H,12,19-22H2,1-8H3;7-9,11-17,20-21H,10,18-19H2,1-6H3;8-11,14H,7,12-13H2,1-6H3/q2*+1;. The van der Waals surface area contributed by atoms with E-state index in [1.54, 1.807) is 54.4 Å². The van der Waals surface area contributed by atoms with Crippen LogP contribution >= 0.6 is 11.6 Å². The van der Waals surface area contributed by atoms with Crippen LogP contribution in [0.2, 0.25) is 0 Å². The first-order chi connectivity index (χ1) is 45.3. The number of rotatable bonds is 23. The van der Waals surface area contributed by atoms with Crippen molar-refractivity contribution in [2.75, 3.05) is 102 Å². The summed E-state index contributed by atoms with van der Waals surface area (Å²) >= 11 is 6.00. The number of pyridine rings is 1. The van der Waals surface area contributed by atoms with Gasteiger partial charge in [-0.1, -0.05) is 54.6 Å². The van der Waals surface area contributed by atoms with Crippen LogP contribution in [0.3, 0.4) is 0 Å². The van der Waals surface area contributed by atoms with Crippen LogP contribution < -0.4 is 18.8 Å². The Labute approximate surface area is 582 Å². The fraction of sp³-hybridized carbons (Fsp3) is 0.487. The molecule has 530 valence electrons. The van der Waals surface area contributed by atoms with Crippen molar-refractivity contribution in [1.29, 1.82) is 0 Å². The van der Waals surface area contributed by atoms with Crippen LogP contribution in [0.5, 0.6) is 17.2 Å². The Bertz CT molecular complexity index is 3420. The SMILES string of the molecule is CC(Cl)c1ccc(OC(=O)N(C)CCCN(C)C(=O)OC(C)(C)C)cc1.CC(c1ccc(OC(=O)N(C)CCCN(C)C(=O)OC(C)(C)C)cc1)[N+](C)(C)CCc1ccccc1.CC(c1ccc(OC(=O)N(C)CCCN(C)C(=O)OC(C)(C)C)cc1)[n+]1cccc2ccccc21. The van der Waals surface area contributed by atoms with Crippen LogP contribution in [0.15, 0.2) is 146 Å². The highest BCUT2D eigenvalue weighted by atomic mass is 35.5. The molecule has 0 aliphatic carbocycles. The number of para-hydroxylation sites is 1. The van der Waals surface area contributed by atoms with Crippen molar-refractivity contribution in [2.45, 2.75) is 143 Å². The molecule has 21 heteroatoms. The van der Waals surface area contributed by atoms with E-state index in [0.29, 0.717) is 81.8 Å². The van der Waals surface area contributed by atoms with Crippen molar-refractivity contribution in [3.8, 4) is 17.2 Å². The lowest BCUT2D eigenvalue weighted by molar-refractivity contribution is -0.919. The van der Waals surface area contributed by atoms with Gasteiger partial charge in [-0.25, -0.2) is 28.8 Å². The van der Waals surface area contributed by atoms with Crippen molar-refractivity contribution in [1.82, 2.24) is 29.4 Å². The molecule has 5 aromatic carbocycles. The molecular weight excluding hydrogens is 1250 g/mol. The van der Waals surface area contributed by atoms with Crippen LogP contribution in [-0.2, 0) is 20.6 Å². The minimum Gasteiger partial charge on any atom is -0.444 e. The third-order valence-electron chi connectivity index (χ3n) is 15.7. The topological polar surface area (TPSA) is 181 Å². The molecule has 0 bridgehead atoms. The maximum atomic E-state index is 12.5. The van der Waals surface area contributed by atoms with Gasteiger partial charge in [0.1, 0.15) is 40.1 Å². The van der Waals surface area contributed by atoms with E-state index >= 15 is 0 Å². The molecule has 1 heterocycles. The smallest absolute Gasteiger partial charge is 0.414 e. The van der Waals surface area contributed by atoms with Gasteiger partial charge in [0.15, 0.2) is 12.2 Å². The molecule has 6 amide bonds. The second-order valence-corrected chi connectivity index (χ2v) is 28.7. The number of amides is 6. The van der Waals surface area contributed by atoms with Crippen LogP contribution in [-0.4, -0.2) is 189 Å². The normalized spacial score (nSPS) is 12.3. The summed E-state index contributed by atoms with van der Waals surface area (Å²) < 4.78 is 35.5. The highest BCUT2D eigenvalue weighted by molar-refractivity contribution is 6.20. The molecule has 3 unspecified atom stereocenters. The van der Waals surface area contributed by atoms with Crippen molar-refractivity contribution < 1.29 is 66.2 Å². The first-order valence-electron chi connectivity index (χ1n) is 33.1. The molecule has 1 aromatic heterocycles. The fourth-order valence-corrected chi connectivity index (χ4v) is 9.65. The van der Waals surface area contributed by atoms with Gasteiger partial charge in [0, 0.05) is 124 Å². The minimum absolute atomic E-state index is 0.0932. The number of hydrogen-bond donors (Lipinski definition) is 0. The Kier molecular flexibility index (Phi) is 31.5. The van der Waals surface area contributed by atoms with E-state index < -0.39 is 35.1 Å². The van der Waals surface area contributed by atoms with Crippen LogP contribution in [0, 0.1) is 0 Å². The number of likely N-dealkylation sites (N-methyl/N-ethyl adjacent to an activating group) is 1. The molecule has 0 radical (unpaired) electrons. The van der Waals surface area contributed by atoms with E-state index in [9.17, 15) is 28.8 Å². The Morgan fingerprint density at radius 1 is 0.423 bits per heavy atom. The average molecular weight is 1360 g/mol. The Morgan fingerprint density at radius 2 is 0.742 bits per heavy atom. The Hall–Kier alpha value is -8.62. The summed E-state index contributed by atoms with van der Waals surface area (Å²) in [6.07, 6.45) is 2.52. The number of fused-ring (bicyclic) bond motifs is 1. The van der Waals surface area contributed by atoms with Gasteiger partial charge in [-0.05, 0) is 179 Å². The largest absolute Gasteiger partial charge is 0.444 e. The second-order valence-electron chi connectivity index (χ2n) is 28.0. The third kappa shape index (κ3) is 29.3. The zero-order valence-electron chi connectivity index (χ0n) is 61.2. The summed E-state index contributed by atoms with van der Waals surface area (Å²) in [6, 6.07) is 45.9. The zero-order valence-corrected chi connectivity index (χ0v) is 62.0. The van der Waals surface area contributed by atoms with E-state index in [4.69, 9.17) is 40.0 Å². The van der Waals surface area contributed by atoms with Crippen molar-refractivity contribution in [2.24, 2.45) is 0 Å². The number of benzene rings is 5. The lowest BCUT2D eigenvalue weighted by atomic mass is 10.0. The molecule has 0 saturated heterocycles. The lowest BCUT2D eigenvalue weighted by Crippen LogP contribution is -2.43. The molecule has 0 aliphatic heterocycles. The van der Waals surface area contributed by atoms with E-state index in [1.807, 2.05) is 148 Å². The summed E-state index contributed by atoms with van der Waals surface area (Å²) in [4.78, 5) is 82.1. The second kappa shape index (κ2) is 37.8. The van der Waals surface area contributed by atoms with Gasteiger partial charge in [-0.3, -0.25) is 0 Å². The summed E-state index contributed by atoms with van der Waals surface area (Å²) in [5, 5.41) is 1.09. The highest BCUT2D eigenvalue weighted by Gasteiger charge is 2.27. The number of carbonyl (C=O) groups excluding carboxylic acids is 6. The summed E-state index contributed by atoms with van der Waals surface area (Å²) in [7, 11) is 14.6. The number of quaternary nitrogens is 1. The minimum atomic E-state index is -0.535. The lowest BCUT2D eigenvalue weighted by Gasteiger charge is -2.36. The molecule has 6 aromatic rings. The summed E-state index contributed by atoms with van der Waals surface area (Å²) in [5.74, 6) is 1.48.